The molecule has 0 saturated heterocycles. The van der Waals surface area contributed by atoms with Crippen LogP contribution < -0.4 is 5.73 Å². The monoisotopic (exact) mass is 248 g/mol. The molecule has 0 spiro atoms. The summed E-state index contributed by atoms with van der Waals surface area (Å²) in [5.74, 6) is -0.796. The molecule has 0 bridgehead atoms. The van der Waals surface area contributed by atoms with E-state index in [1.54, 1.807) is 6.07 Å². The van der Waals surface area contributed by atoms with Gasteiger partial charge in [0.1, 0.15) is 16.8 Å². The molecule has 1 rings (SSSR count). The number of hydrogen-bond acceptors (Lipinski definition) is 4. The van der Waals surface area contributed by atoms with Crippen LogP contribution in [0.5, 0.6) is 0 Å². The van der Waals surface area contributed by atoms with Crippen LogP contribution >= 0.6 is 10.7 Å². The first-order valence-corrected chi connectivity index (χ1v) is 6.08. The van der Waals surface area contributed by atoms with Gasteiger partial charge in [0.2, 0.25) is 0 Å². The first-order chi connectivity index (χ1) is 6.90. The van der Waals surface area contributed by atoms with Crippen molar-refractivity contribution in [3.05, 3.63) is 29.1 Å². The molecule has 15 heavy (non-hydrogen) atoms. The number of halogens is 2. The van der Waals surface area contributed by atoms with E-state index < -0.39 is 19.8 Å². The number of benzene rings is 1. The molecule has 0 fully saturated rings. The smallest absolute Gasteiger partial charge is 0.262 e. The van der Waals surface area contributed by atoms with Crippen LogP contribution in [0.2, 0.25) is 0 Å². The van der Waals surface area contributed by atoms with Crippen LogP contribution in [0.15, 0.2) is 17.0 Å². The Labute approximate surface area is 90.5 Å². The lowest BCUT2D eigenvalue weighted by Crippen LogP contribution is -2.04. The Morgan fingerprint density at radius 1 is 1.53 bits per heavy atom. The maximum Gasteiger partial charge on any atom is 0.262 e. The molecule has 1 aromatic carbocycles. The highest BCUT2D eigenvalue weighted by Gasteiger charge is 2.18. The van der Waals surface area contributed by atoms with Gasteiger partial charge in [0.25, 0.3) is 9.05 Å². The molecule has 7 heteroatoms. The zero-order valence-corrected chi connectivity index (χ0v) is 8.94. The molecule has 0 unspecified atom stereocenters. The Morgan fingerprint density at radius 2 is 2.13 bits per heavy atom. The third kappa shape index (κ3) is 2.45. The first-order valence-electron chi connectivity index (χ1n) is 3.77. The van der Waals surface area contributed by atoms with Crippen LogP contribution in [0.4, 0.5) is 4.39 Å². The highest BCUT2D eigenvalue weighted by Crippen LogP contribution is 2.22. The van der Waals surface area contributed by atoms with Crippen molar-refractivity contribution in [2.75, 3.05) is 0 Å². The van der Waals surface area contributed by atoms with Gasteiger partial charge in [0.05, 0.1) is 5.56 Å². The average Bonchev–Trinajstić information content (AvgIpc) is 2.16. The van der Waals surface area contributed by atoms with Crippen molar-refractivity contribution in [2.45, 2.75) is 11.4 Å². The zero-order valence-electron chi connectivity index (χ0n) is 7.37. The van der Waals surface area contributed by atoms with Gasteiger partial charge in [-0.05, 0) is 12.1 Å². The molecule has 0 aromatic heterocycles. The highest BCUT2D eigenvalue weighted by atomic mass is 35.7. The SMILES string of the molecule is N#Cc1cc(CN)c(F)cc1S(=O)(=O)Cl. The van der Waals surface area contributed by atoms with Crippen molar-refractivity contribution in [3.63, 3.8) is 0 Å². The van der Waals surface area contributed by atoms with Crippen LogP contribution in [0.1, 0.15) is 11.1 Å². The second-order valence-electron chi connectivity index (χ2n) is 2.69. The van der Waals surface area contributed by atoms with E-state index in [9.17, 15) is 12.8 Å². The topological polar surface area (TPSA) is 83.9 Å². The zero-order chi connectivity index (χ0) is 11.6. The summed E-state index contributed by atoms with van der Waals surface area (Å²) >= 11 is 0. The molecular formula is C8H6ClFN2O2S. The van der Waals surface area contributed by atoms with Gasteiger partial charge in [-0.15, -0.1) is 0 Å². The minimum absolute atomic E-state index is 0.0654. The van der Waals surface area contributed by atoms with Crippen molar-refractivity contribution in [1.29, 1.82) is 5.26 Å². The molecule has 0 atom stereocenters. The van der Waals surface area contributed by atoms with Gasteiger partial charge in [-0.3, -0.25) is 0 Å². The lowest BCUT2D eigenvalue weighted by Gasteiger charge is -2.04. The minimum Gasteiger partial charge on any atom is -0.326 e. The van der Waals surface area contributed by atoms with Crippen molar-refractivity contribution < 1.29 is 12.8 Å². The van der Waals surface area contributed by atoms with Crippen LogP contribution in [0, 0.1) is 17.1 Å². The van der Waals surface area contributed by atoms with Crippen molar-refractivity contribution in [3.8, 4) is 6.07 Å². The lowest BCUT2D eigenvalue weighted by atomic mass is 10.1. The van der Waals surface area contributed by atoms with Crippen LogP contribution in [-0.4, -0.2) is 8.42 Å². The molecule has 4 nitrogen and oxygen atoms in total. The van der Waals surface area contributed by atoms with Gasteiger partial charge in [-0.2, -0.15) is 5.26 Å². The van der Waals surface area contributed by atoms with Crippen molar-refractivity contribution >= 4 is 19.7 Å². The summed E-state index contributed by atoms with van der Waals surface area (Å²) in [5, 5.41) is 8.66. The Morgan fingerprint density at radius 3 is 2.53 bits per heavy atom. The quantitative estimate of drug-likeness (QED) is 0.794. The van der Waals surface area contributed by atoms with E-state index in [0.29, 0.717) is 6.07 Å². The molecule has 80 valence electrons. The van der Waals surface area contributed by atoms with E-state index >= 15 is 0 Å². The normalized spacial score (nSPS) is 11.1. The molecule has 1 aromatic rings. The summed E-state index contributed by atoms with van der Waals surface area (Å²) < 4.78 is 35.1. The molecule has 0 heterocycles. The van der Waals surface area contributed by atoms with E-state index in [2.05, 4.69) is 0 Å². The summed E-state index contributed by atoms with van der Waals surface area (Å²) in [7, 11) is 0.909. The molecule has 0 saturated carbocycles. The number of rotatable bonds is 2. The summed E-state index contributed by atoms with van der Waals surface area (Å²) in [6.07, 6.45) is 0. The Hall–Kier alpha value is -1.16. The van der Waals surface area contributed by atoms with Crippen LogP contribution in [0.25, 0.3) is 0 Å². The highest BCUT2D eigenvalue weighted by molar-refractivity contribution is 8.13. The fraction of sp³-hybridized carbons (Fsp3) is 0.125. The third-order valence-electron chi connectivity index (χ3n) is 1.75. The van der Waals surface area contributed by atoms with Crippen molar-refractivity contribution in [1.82, 2.24) is 0 Å². The van der Waals surface area contributed by atoms with E-state index in [0.717, 1.165) is 6.07 Å². The predicted molar refractivity (Wildman–Crippen MR) is 52.0 cm³/mol. The summed E-state index contributed by atoms with van der Waals surface area (Å²) in [5.41, 5.74) is 5.05. The molecule has 0 amide bonds. The van der Waals surface area contributed by atoms with Gasteiger partial charge >= 0.3 is 0 Å². The third-order valence-corrected chi connectivity index (χ3v) is 3.11. The van der Waals surface area contributed by atoms with E-state index in [1.807, 2.05) is 0 Å². The number of hydrogen-bond donors (Lipinski definition) is 1. The number of nitriles is 1. The van der Waals surface area contributed by atoms with E-state index in [4.69, 9.17) is 21.7 Å². The second kappa shape index (κ2) is 4.14. The Bertz CT molecular complexity index is 536. The maximum absolute atomic E-state index is 13.2. The number of nitrogens with zero attached hydrogens (tertiary/aromatic N) is 1. The summed E-state index contributed by atoms with van der Waals surface area (Å²) in [6, 6.07) is 3.39. The Balaban J connectivity index is 3.57. The molecular weight excluding hydrogens is 243 g/mol. The first kappa shape index (κ1) is 11.9. The average molecular weight is 249 g/mol. The van der Waals surface area contributed by atoms with Crippen LogP contribution in [-0.2, 0) is 15.6 Å². The molecule has 0 aliphatic rings. The Kier molecular flexibility index (Phi) is 3.29. The minimum atomic E-state index is -4.12. The van der Waals surface area contributed by atoms with E-state index in [-0.39, 0.29) is 17.7 Å². The fourth-order valence-corrected chi connectivity index (χ4v) is 2.04. The van der Waals surface area contributed by atoms with Crippen LogP contribution in [0.3, 0.4) is 0 Å². The molecule has 0 aliphatic heterocycles. The van der Waals surface area contributed by atoms with Gasteiger partial charge in [0, 0.05) is 22.8 Å². The summed E-state index contributed by atoms with van der Waals surface area (Å²) in [6.45, 7) is -0.122. The second-order valence-corrected chi connectivity index (χ2v) is 5.23. The predicted octanol–water partition coefficient (Wildman–Crippen LogP) is 1.08. The van der Waals surface area contributed by atoms with Gasteiger partial charge in [-0.1, -0.05) is 0 Å². The van der Waals surface area contributed by atoms with E-state index in [1.165, 1.54) is 0 Å². The van der Waals surface area contributed by atoms with Gasteiger partial charge in [-0.25, -0.2) is 12.8 Å². The van der Waals surface area contributed by atoms with Gasteiger partial charge < -0.3 is 5.73 Å². The maximum atomic E-state index is 13.2. The fourth-order valence-electron chi connectivity index (χ4n) is 1.05. The standard InChI is InChI=1S/C8H6ClFN2O2S/c9-15(13,14)8-2-7(10)5(3-11)1-6(8)4-12/h1-2H,3,11H2. The largest absolute Gasteiger partial charge is 0.326 e. The van der Waals surface area contributed by atoms with Crippen molar-refractivity contribution in [2.24, 2.45) is 5.73 Å². The summed E-state index contributed by atoms with van der Waals surface area (Å²) in [4.78, 5) is -0.540. The molecule has 2 N–H and O–H groups in total. The lowest BCUT2D eigenvalue weighted by molar-refractivity contribution is 0.594. The van der Waals surface area contributed by atoms with Gasteiger partial charge in [0.15, 0.2) is 0 Å². The number of nitrogens with two attached hydrogens (primary N) is 1. The molecule has 0 radical (unpaired) electrons. The molecule has 0 aliphatic carbocycles.